The van der Waals surface area contributed by atoms with Crippen LogP contribution >= 0.6 is 0 Å². The van der Waals surface area contributed by atoms with Gasteiger partial charge >= 0.3 is 0 Å². The summed E-state index contributed by atoms with van der Waals surface area (Å²) in [5.74, 6) is 2.97. The number of imidazole rings is 1. The highest BCUT2D eigenvalue weighted by Crippen LogP contribution is 2.33. The molecule has 7 heteroatoms. The predicted molar refractivity (Wildman–Crippen MR) is 77.1 cm³/mol. The first-order valence-corrected chi connectivity index (χ1v) is 6.63. The molecule has 0 bridgehead atoms. The van der Waals surface area contributed by atoms with Crippen LogP contribution in [0.2, 0.25) is 0 Å². The monoisotopic (exact) mass is 283 g/mol. The summed E-state index contributed by atoms with van der Waals surface area (Å²) in [5.41, 5.74) is 2.29. The number of fused-ring (bicyclic) bond motifs is 2. The van der Waals surface area contributed by atoms with Gasteiger partial charge in [-0.25, -0.2) is 15.0 Å². The summed E-state index contributed by atoms with van der Waals surface area (Å²) < 4.78 is 11.1. The molecule has 0 unspecified atom stereocenters. The van der Waals surface area contributed by atoms with Crippen LogP contribution in [0.5, 0.6) is 11.5 Å². The molecule has 0 amide bonds. The highest BCUT2D eigenvalue weighted by Gasteiger charge is 2.13. The first-order valence-electron chi connectivity index (χ1n) is 6.63. The Morgan fingerprint density at radius 2 is 2.00 bits per heavy atom. The largest absolute Gasteiger partial charge is 0.486 e. The average molecular weight is 283 g/mol. The molecule has 7 nitrogen and oxygen atoms in total. The van der Waals surface area contributed by atoms with Crippen molar-refractivity contribution in [3.8, 4) is 11.5 Å². The molecule has 0 fully saturated rings. The molecular weight excluding hydrogens is 270 g/mol. The summed E-state index contributed by atoms with van der Waals surface area (Å²) in [7, 11) is 0. The maximum atomic E-state index is 5.58. The Labute approximate surface area is 120 Å². The van der Waals surface area contributed by atoms with Gasteiger partial charge in [0.25, 0.3) is 0 Å². The molecule has 0 aliphatic carbocycles. The summed E-state index contributed by atoms with van der Waals surface area (Å²) in [6.07, 6.45) is 1.49. The molecule has 0 saturated carbocycles. The van der Waals surface area contributed by atoms with E-state index in [1.54, 1.807) is 0 Å². The lowest BCUT2D eigenvalue weighted by Gasteiger charge is -2.19. The lowest BCUT2D eigenvalue weighted by Crippen LogP contribution is -2.15. The molecule has 2 N–H and O–H groups in total. The Hall–Kier alpha value is -2.83. The molecule has 2 aromatic heterocycles. The Morgan fingerprint density at radius 3 is 2.90 bits per heavy atom. The van der Waals surface area contributed by atoms with Gasteiger partial charge in [0, 0.05) is 11.8 Å². The zero-order valence-electron chi connectivity index (χ0n) is 11.4. The van der Waals surface area contributed by atoms with E-state index in [0.717, 1.165) is 28.5 Å². The van der Waals surface area contributed by atoms with E-state index in [1.807, 2.05) is 25.1 Å². The molecule has 4 rings (SSSR count). The van der Waals surface area contributed by atoms with Crippen molar-refractivity contribution < 1.29 is 9.47 Å². The third-order valence-electron chi connectivity index (χ3n) is 3.21. The van der Waals surface area contributed by atoms with Crippen molar-refractivity contribution in [1.82, 2.24) is 19.9 Å². The van der Waals surface area contributed by atoms with Gasteiger partial charge in [-0.15, -0.1) is 0 Å². The van der Waals surface area contributed by atoms with E-state index in [9.17, 15) is 0 Å². The third kappa shape index (κ3) is 2.12. The van der Waals surface area contributed by atoms with Crippen LogP contribution in [-0.2, 0) is 0 Å². The van der Waals surface area contributed by atoms with Crippen LogP contribution in [-0.4, -0.2) is 33.1 Å². The third-order valence-corrected chi connectivity index (χ3v) is 3.21. The minimum Gasteiger partial charge on any atom is -0.486 e. The van der Waals surface area contributed by atoms with Gasteiger partial charge in [-0.3, -0.25) is 0 Å². The van der Waals surface area contributed by atoms with Gasteiger partial charge < -0.3 is 19.8 Å². The van der Waals surface area contributed by atoms with Gasteiger partial charge in [0.15, 0.2) is 23.0 Å². The average Bonchev–Trinajstić information content (AvgIpc) is 2.89. The van der Waals surface area contributed by atoms with Crippen molar-refractivity contribution in [3.05, 3.63) is 30.4 Å². The lowest BCUT2D eigenvalue weighted by molar-refractivity contribution is 0.171. The minimum atomic E-state index is 0.563. The smallest absolute Gasteiger partial charge is 0.183 e. The first-order chi connectivity index (χ1) is 10.3. The number of aromatic amines is 1. The number of hydrogen-bond donors (Lipinski definition) is 2. The van der Waals surface area contributed by atoms with Gasteiger partial charge in [-0.05, 0) is 19.1 Å². The van der Waals surface area contributed by atoms with E-state index in [0.29, 0.717) is 24.7 Å². The van der Waals surface area contributed by atoms with E-state index < -0.39 is 0 Å². The fourth-order valence-corrected chi connectivity index (χ4v) is 2.30. The second-order valence-electron chi connectivity index (χ2n) is 4.73. The Morgan fingerprint density at radius 1 is 1.14 bits per heavy atom. The number of hydrogen-bond acceptors (Lipinski definition) is 6. The Kier molecular flexibility index (Phi) is 2.63. The fourth-order valence-electron chi connectivity index (χ4n) is 2.30. The van der Waals surface area contributed by atoms with Crippen LogP contribution in [0.1, 0.15) is 5.82 Å². The van der Waals surface area contributed by atoms with Gasteiger partial charge in [-0.2, -0.15) is 0 Å². The van der Waals surface area contributed by atoms with Gasteiger partial charge in [-0.1, -0.05) is 0 Å². The van der Waals surface area contributed by atoms with Gasteiger partial charge in [0.2, 0.25) is 0 Å². The van der Waals surface area contributed by atoms with Crippen LogP contribution in [0, 0.1) is 6.92 Å². The number of benzene rings is 1. The quantitative estimate of drug-likeness (QED) is 0.749. The second kappa shape index (κ2) is 4.62. The highest BCUT2D eigenvalue weighted by molar-refractivity contribution is 5.85. The Balaban J connectivity index is 1.71. The van der Waals surface area contributed by atoms with E-state index >= 15 is 0 Å². The molecule has 3 aromatic rings. The van der Waals surface area contributed by atoms with Crippen molar-refractivity contribution in [1.29, 1.82) is 0 Å². The normalized spacial score (nSPS) is 13.4. The van der Waals surface area contributed by atoms with Crippen LogP contribution in [0.3, 0.4) is 0 Å². The number of rotatable bonds is 2. The molecule has 106 valence electrons. The maximum absolute atomic E-state index is 5.58. The zero-order chi connectivity index (χ0) is 14.2. The minimum absolute atomic E-state index is 0.563. The van der Waals surface area contributed by atoms with Crippen LogP contribution in [0.4, 0.5) is 11.5 Å². The summed E-state index contributed by atoms with van der Waals surface area (Å²) in [6.45, 7) is 3.03. The fraction of sp³-hybridized carbons (Fsp3) is 0.214. The molecule has 0 atom stereocenters. The number of aromatic nitrogens is 4. The van der Waals surface area contributed by atoms with Crippen LogP contribution < -0.4 is 14.8 Å². The van der Waals surface area contributed by atoms with Crippen molar-refractivity contribution in [2.24, 2.45) is 0 Å². The molecule has 0 spiro atoms. The van der Waals surface area contributed by atoms with E-state index in [2.05, 4.69) is 25.3 Å². The molecule has 21 heavy (non-hydrogen) atoms. The molecule has 1 aliphatic heterocycles. The SMILES string of the molecule is Cc1nc2ncnc(Nc3ccc4c(c3)OCCO4)c2[nH]1. The van der Waals surface area contributed by atoms with Crippen molar-refractivity contribution >= 4 is 22.7 Å². The van der Waals surface area contributed by atoms with Crippen molar-refractivity contribution in [2.75, 3.05) is 18.5 Å². The number of H-pyrrole nitrogens is 1. The van der Waals surface area contributed by atoms with E-state index in [4.69, 9.17) is 9.47 Å². The summed E-state index contributed by atoms with van der Waals surface area (Å²) in [5, 5.41) is 3.25. The maximum Gasteiger partial charge on any atom is 0.183 e. The number of nitrogens with zero attached hydrogens (tertiary/aromatic N) is 3. The molecule has 1 aromatic carbocycles. The van der Waals surface area contributed by atoms with Gasteiger partial charge in [0.1, 0.15) is 30.9 Å². The molecule has 0 saturated heterocycles. The lowest BCUT2D eigenvalue weighted by atomic mass is 10.2. The highest BCUT2D eigenvalue weighted by atomic mass is 16.6. The molecular formula is C14H13N5O2. The van der Waals surface area contributed by atoms with E-state index in [1.165, 1.54) is 6.33 Å². The number of aryl methyl sites for hydroxylation is 1. The standard InChI is InChI=1S/C14H13N5O2/c1-8-17-12-13(18-8)15-7-16-14(12)19-9-2-3-10-11(6-9)21-5-4-20-10/h2-3,6-7H,4-5H2,1H3,(H2,15,16,17,18,19). The molecule has 0 radical (unpaired) electrons. The summed E-state index contributed by atoms with van der Waals surface area (Å²) in [6, 6.07) is 5.70. The molecule has 1 aliphatic rings. The Bertz CT molecular complexity index is 814. The van der Waals surface area contributed by atoms with Crippen LogP contribution in [0.15, 0.2) is 24.5 Å². The van der Waals surface area contributed by atoms with E-state index in [-0.39, 0.29) is 0 Å². The zero-order valence-corrected chi connectivity index (χ0v) is 11.4. The first kappa shape index (κ1) is 12.0. The number of ether oxygens (including phenoxy) is 2. The van der Waals surface area contributed by atoms with Gasteiger partial charge in [0.05, 0.1) is 0 Å². The second-order valence-corrected chi connectivity index (χ2v) is 4.73. The van der Waals surface area contributed by atoms with Crippen LogP contribution in [0.25, 0.3) is 11.2 Å². The number of nitrogens with one attached hydrogen (secondary N) is 2. The van der Waals surface area contributed by atoms with Crippen molar-refractivity contribution in [2.45, 2.75) is 6.92 Å². The summed E-state index contributed by atoms with van der Waals surface area (Å²) in [4.78, 5) is 15.8. The number of anilines is 2. The summed E-state index contributed by atoms with van der Waals surface area (Å²) >= 11 is 0. The molecule has 3 heterocycles. The van der Waals surface area contributed by atoms with Crippen molar-refractivity contribution in [3.63, 3.8) is 0 Å². The predicted octanol–water partition coefficient (Wildman–Crippen LogP) is 2.18. The topological polar surface area (TPSA) is 85.0 Å².